The van der Waals surface area contributed by atoms with E-state index in [4.69, 9.17) is 0 Å². The van der Waals surface area contributed by atoms with Gasteiger partial charge in [-0.25, -0.2) is 0 Å². The van der Waals surface area contributed by atoms with Gasteiger partial charge in [0.1, 0.15) is 0 Å². The van der Waals surface area contributed by atoms with Crippen LogP contribution in [0.4, 0.5) is 0 Å². The van der Waals surface area contributed by atoms with Gasteiger partial charge in [-0.1, -0.05) is 30.3 Å². The highest BCUT2D eigenvalue weighted by Gasteiger charge is 2.28. The fourth-order valence-corrected chi connectivity index (χ4v) is 3.84. The molecule has 0 saturated carbocycles. The smallest absolute Gasteiger partial charge is 0.224 e. The zero-order chi connectivity index (χ0) is 16.1. The number of amides is 1. The van der Waals surface area contributed by atoms with Gasteiger partial charge in [0.25, 0.3) is 0 Å². The lowest BCUT2D eigenvalue weighted by Gasteiger charge is -2.34. The fourth-order valence-electron chi connectivity index (χ4n) is 3.84. The van der Waals surface area contributed by atoms with Crippen molar-refractivity contribution in [2.75, 3.05) is 19.6 Å². The van der Waals surface area contributed by atoms with Crippen molar-refractivity contribution in [1.29, 1.82) is 0 Å². The van der Waals surface area contributed by atoms with E-state index in [2.05, 4.69) is 52.8 Å². The third-order valence-electron chi connectivity index (χ3n) is 5.10. The van der Waals surface area contributed by atoms with Gasteiger partial charge in [-0.05, 0) is 51.3 Å². The largest absolute Gasteiger partial charge is 0.353 e. The maximum atomic E-state index is 12.6. The molecule has 0 aromatic heterocycles. The van der Waals surface area contributed by atoms with Crippen LogP contribution in [0.2, 0.25) is 0 Å². The van der Waals surface area contributed by atoms with Crippen LogP contribution in [0.5, 0.6) is 0 Å². The second-order valence-electron chi connectivity index (χ2n) is 7.14. The molecule has 2 heterocycles. The minimum Gasteiger partial charge on any atom is -0.353 e. The predicted octanol–water partition coefficient (Wildman–Crippen LogP) is 3.00. The van der Waals surface area contributed by atoms with Gasteiger partial charge in [0.2, 0.25) is 5.91 Å². The van der Waals surface area contributed by atoms with Gasteiger partial charge in [0, 0.05) is 25.2 Å². The third kappa shape index (κ3) is 6.78. The summed E-state index contributed by atoms with van der Waals surface area (Å²) in [7, 11) is 0. The summed E-state index contributed by atoms with van der Waals surface area (Å²) in [5.74, 6) is 0.416. The van der Waals surface area contributed by atoms with Crippen molar-refractivity contribution in [3.63, 3.8) is 0 Å². The lowest BCUT2D eigenvalue weighted by molar-refractivity contribution is -0.127. The van der Waals surface area contributed by atoms with Gasteiger partial charge < -0.3 is 10.6 Å². The second kappa shape index (κ2) is 11.0. The molecule has 2 aliphatic rings. The molecule has 0 aliphatic carbocycles. The quantitative estimate of drug-likeness (QED) is 0.834. The monoisotopic (exact) mass is 387 g/mol. The Balaban J connectivity index is 0.00000156. The summed E-state index contributed by atoms with van der Waals surface area (Å²) >= 11 is 0. The number of nitrogens with zero attached hydrogens (tertiary/aromatic N) is 1. The van der Waals surface area contributed by atoms with Gasteiger partial charge in [-0.2, -0.15) is 0 Å². The maximum Gasteiger partial charge on any atom is 0.224 e. The Morgan fingerprint density at radius 2 is 2.00 bits per heavy atom. The molecule has 2 N–H and O–H groups in total. The summed E-state index contributed by atoms with van der Waals surface area (Å²) in [4.78, 5) is 15.0. The number of hydrogen-bond acceptors (Lipinski definition) is 3. The van der Waals surface area contributed by atoms with Crippen LogP contribution in [0.25, 0.3) is 0 Å². The molecule has 0 radical (unpaired) electrons. The van der Waals surface area contributed by atoms with Crippen LogP contribution in [-0.4, -0.2) is 42.5 Å². The van der Waals surface area contributed by atoms with Crippen LogP contribution in [0.1, 0.15) is 38.2 Å². The van der Waals surface area contributed by atoms with Crippen LogP contribution in [-0.2, 0) is 11.3 Å². The summed E-state index contributed by atoms with van der Waals surface area (Å²) < 4.78 is 0. The van der Waals surface area contributed by atoms with E-state index in [9.17, 15) is 4.79 Å². The summed E-state index contributed by atoms with van der Waals surface area (Å²) in [6.07, 6.45) is 4.24. The van der Waals surface area contributed by atoms with Crippen molar-refractivity contribution in [2.45, 2.75) is 51.2 Å². The Hall–Kier alpha value is -0.810. The second-order valence-corrected chi connectivity index (χ2v) is 7.14. The summed E-state index contributed by atoms with van der Waals surface area (Å²) in [6, 6.07) is 11.4. The molecule has 1 aromatic rings. The molecule has 1 aromatic carbocycles. The third-order valence-corrected chi connectivity index (χ3v) is 5.10. The molecule has 0 spiro atoms. The number of likely N-dealkylation sites (tertiary alicyclic amines) is 1. The van der Waals surface area contributed by atoms with Crippen molar-refractivity contribution in [1.82, 2.24) is 15.5 Å². The highest BCUT2D eigenvalue weighted by atomic mass is 35.5. The molecule has 0 bridgehead atoms. The van der Waals surface area contributed by atoms with E-state index in [1.54, 1.807) is 0 Å². The van der Waals surface area contributed by atoms with Crippen molar-refractivity contribution in [3.05, 3.63) is 35.9 Å². The van der Waals surface area contributed by atoms with E-state index < -0.39 is 0 Å². The molecule has 3 atom stereocenters. The van der Waals surface area contributed by atoms with Gasteiger partial charge >= 0.3 is 0 Å². The lowest BCUT2D eigenvalue weighted by atomic mass is 9.94. The molecular weight excluding hydrogens is 357 g/mol. The molecule has 25 heavy (non-hydrogen) atoms. The van der Waals surface area contributed by atoms with E-state index in [1.807, 2.05) is 0 Å². The van der Waals surface area contributed by atoms with Crippen molar-refractivity contribution < 1.29 is 4.79 Å². The average Bonchev–Trinajstić information content (AvgIpc) is 2.56. The Morgan fingerprint density at radius 3 is 2.72 bits per heavy atom. The summed E-state index contributed by atoms with van der Waals surface area (Å²) in [6.45, 7) is 6.15. The number of rotatable bonds is 4. The number of hydrogen-bond donors (Lipinski definition) is 2. The van der Waals surface area contributed by atoms with Gasteiger partial charge in [-0.15, -0.1) is 24.8 Å². The minimum atomic E-state index is 0. The van der Waals surface area contributed by atoms with Crippen molar-refractivity contribution in [3.8, 4) is 0 Å². The number of carbonyl (C=O) groups is 1. The van der Waals surface area contributed by atoms with E-state index in [0.717, 1.165) is 51.9 Å². The Kier molecular flexibility index (Phi) is 9.80. The number of piperidine rings is 2. The topological polar surface area (TPSA) is 44.4 Å². The molecule has 4 nitrogen and oxygen atoms in total. The number of nitrogens with one attached hydrogen (secondary N) is 2. The first kappa shape index (κ1) is 22.2. The molecule has 6 heteroatoms. The first-order valence-corrected chi connectivity index (χ1v) is 9.01. The molecule has 2 saturated heterocycles. The molecule has 2 fully saturated rings. The minimum absolute atomic E-state index is 0. The van der Waals surface area contributed by atoms with Gasteiger partial charge in [0.05, 0.1) is 5.92 Å². The van der Waals surface area contributed by atoms with Crippen LogP contribution in [0.3, 0.4) is 0 Å². The number of benzene rings is 1. The first-order chi connectivity index (χ1) is 11.2. The summed E-state index contributed by atoms with van der Waals surface area (Å²) in [5.41, 5.74) is 1.33. The normalized spacial score (nSPS) is 26.8. The molecule has 2 aliphatic heterocycles. The van der Waals surface area contributed by atoms with Crippen LogP contribution in [0.15, 0.2) is 30.3 Å². The van der Waals surface area contributed by atoms with E-state index in [-0.39, 0.29) is 36.6 Å². The molecule has 3 rings (SSSR count). The maximum absolute atomic E-state index is 12.6. The van der Waals surface area contributed by atoms with Crippen molar-refractivity contribution >= 4 is 30.7 Å². The molecule has 1 amide bonds. The Labute approximate surface area is 163 Å². The van der Waals surface area contributed by atoms with Crippen LogP contribution in [0, 0.1) is 5.92 Å². The Bertz CT molecular complexity index is 515. The zero-order valence-electron chi connectivity index (χ0n) is 14.9. The lowest BCUT2D eigenvalue weighted by Crippen LogP contribution is -2.50. The van der Waals surface area contributed by atoms with Gasteiger partial charge in [-0.3, -0.25) is 9.69 Å². The number of carbonyl (C=O) groups excluding carboxylic acids is 1. The molecular formula is C19H31Cl2N3O. The molecule has 142 valence electrons. The zero-order valence-corrected chi connectivity index (χ0v) is 16.6. The predicted molar refractivity (Wildman–Crippen MR) is 108 cm³/mol. The van der Waals surface area contributed by atoms with E-state index in [1.165, 1.54) is 5.56 Å². The highest BCUT2D eigenvalue weighted by molar-refractivity contribution is 5.85. The fraction of sp³-hybridized carbons (Fsp3) is 0.632. The highest BCUT2D eigenvalue weighted by Crippen LogP contribution is 2.20. The van der Waals surface area contributed by atoms with Crippen LogP contribution >= 0.6 is 24.8 Å². The summed E-state index contributed by atoms with van der Waals surface area (Å²) in [5, 5.41) is 6.74. The van der Waals surface area contributed by atoms with Gasteiger partial charge in [0.15, 0.2) is 0 Å². The van der Waals surface area contributed by atoms with E-state index in [0.29, 0.717) is 12.1 Å². The Morgan fingerprint density at radius 1 is 1.24 bits per heavy atom. The van der Waals surface area contributed by atoms with Crippen LogP contribution < -0.4 is 10.6 Å². The average molecular weight is 388 g/mol. The first-order valence-electron chi connectivity index (χ1n) is 9.01. The van der Waals surface area contributed by atoms with Crippen molar-refractivity contribution in [2.24, 2.45) is 5.92 Å². The van der Waals surface area contributed by atoms with E-state index >= 15 is 0 Å². The number of halogens is 2. The standard InChI is InChI=1S/C19H29N3O.2ClH/c1-15-12-18(9-10-20-15)21-19(23)17-8-5-11-22(14-17)13-16-6-3-2-4-7-16;;/h2-4,6-7,15,17-18,20H,5,8-14H2,1H3,(H,21,23);2*1H. The SMILES string of the molecule is CC1CC(NC(=O)C2CCCN(Cc3ccccc3)C2)CCN1.Cl.Cl. The molecule has 3 unspecified atom stereocenters.